The number of carbonyl (C=O) groups is 1. The molecule has 1 aliphatic rings. The van der Waals surface area contributed by atoms with E-state index in [1.54, 1.807) is 0 Å². The fourth-order valence-electron chi connectivity index (χ4n) is 6.40. The molecule has 0 aromatic heterocycles. The Bertz CT molecular complexity index is 1330. The average molecular weight is 869 g/mol. The molecule has 60 heavy (non-hydrogen) atoms. The summed E-state index contributed by atoms with van der Waals surface area (Å²) in [5.41, 5.74) is 0. The van der Waals surface area contributed by atoms with Crippen LogP contribution in [0.4, 0.5) is 0 Å². The molecular weight excluding hydrogens is 789 g/mol. The van der Waals surface area contributed by atoms with E-state index in [0.717, 1.165) is 70.6 Å². The molecule has 1 aliphatic heterocycles. The first-order valence-corrected chi connectivity index (χ1v) is 24.1. The molecule has 13 heteroatoms. The summed E-state index contributed by atoms with van der Waals surface area (Å²) in [6.45, 7) is 3.76. The van der Waals surface area contributed by atoms with Crippen LogP contribution in [0.1, 0.15) is 155 Å². The summed E-state index contributed by atoms with van der Waals surface area (Å²) in [6, 6.07) is 0. The van der Waals surface area contributed by atoms with Gasteiger partial charge in [-0.2, -0.15) is 8.42 Å². The monoisotopic (exact) mass is 869 g/mol. The molecule has 0 amide bonds. The molecular formula is C47H80O12S. The molecule has 1 heterocycles. The Hall–Kier alpha value is -2.46. The van der Waals surface area contributed by atoms with Crippen LogP contribution in [0.3, 0.4) is 0 Å². The van der Waals surface area contributed by atoms with Gasteiger partial charge in [0.2, 0.25) is 0 Å². The standard InChI is InChI=1S/C47H80O12S/c1-3-5-7-9-11-13-15-17-19-20-21-23-25-27-29-31-33-35-37-55-39-41(40-56-47-45(51)46(59-60(52,53)54)44(50)42(38-48)58-47)57-43(49)36-34-32-30-28-26-24-22-18-16-14-12-10-8-6-4-2/h6,8,11-14,17-19,22,26,28,41-42,44-48,50-51H,3-5,7,9-10,15-16,20-21,23-25,27,29-40H2,1-2H3,(H,52,53,54)/b8-6-,13-11-,14-12-,19-17-,22-18-,28-26-. The number of carbonyl (C=O) groups excluding carboxylic acids is 1. The van der Waals surface area contributed by atoms with Crippen molar-refractivity contribution in [2.45, 2.75) is 192 Å². The molecule has 0 spiro atoms. The van der Waals surface area contributed by atoms with Gasteiger partial charge >= 0.3 is 16.4 Å². The summed E-state index contributed by atoms with van der Waals surface area (Å²) in [5, 5.41) is 30.7. The SMILES string of the molecule is CC/C=C\C/C=C\C/C=C\C/C=C\CCCCC(=O)OC(COCCCCCCCCCC/C=C\C/C=C\CCCCC)COC1OC(CO)C(O)C(OS(=O)(=O)O)C1O. The highest BCUT2D eigenvalue weighted by Crippen LogP contribution is 2.26. The largest absolute Gasteiger partial charge is 0.457 e. The number of hydrogen-bond donors (Lipinski definition) is 4. The highest BCUT2D eigenvalue weighted by molar-refractivity contribution is 7.80. The maximum absolute atomic E-state index is 12.8. The van der Waals surface area contributed by atoms with Gasteiger partial charge in [-0.1, -0.05) is 138 Å². The van der Waals surface area contributed by atoms with Crippen molar-refractivity contribution in [3.63, 3.8) is 0 Å². The van der Waals surface area contributed by atoms with E-state index in [4.69, 9.17) is 23.5 Å². The number of hydrogen-bond acceptors (Lipinski definition) is 11. The molecule has 6 unspecified atom stereocenters. The molecule has 1 rings (SSSR count). The number of allylic oxidation sites excluding steroid dienone is 12. The van der Waals surface area contributed by atoms with E-state index in [0.29, 0.717) is 13.0 Å². The minimum Gasteiger partial charge on any atom is -0.457 e. The number of unbranched alkanes of at least 4 members (excludes halogenated alkanes) is 13. The summed E-state index contributed by atoms with van der Waals surface area (Å²) >= 11 is 0. The zero-order chi connectivity index (χ0) is 43.9. The van der Waals surface area contributed by atoms with E-state index in [1.165, 1.54) is 57.8 Å². The predicted octanol–water partition coefficient (Wildman–Crippen LogP) is 9.52. The number of rotatable bonds is 38. The zero-order valence-corrected chi connectivity index (χ0v) is 37.6. The Morgan fingerprint density at radius 1 is 0.650 bits per heavy atom. The average Bonchev–Trinajstić information content (AvgIpc) is 3.22. The van der Waals surface area contributed by atoms with E-state index < -0.39 is 59.8 Å². The van der Waals surface area contributed by atoms with Crippen LogP contribution < -0.4 is 0 Å². The number of esters is 1. The normalized spacial score (nSPS) is 20.9. The number of ether oxygens (including phenoxy) is 4. The van der Waals surface area contributed by atoms with Gasteiger partial charge in [-0.3, -0.25) is 9.35 Å². The fraction of sp³-hybridized carbons (Fsp3) is 0.723. The van der Waals surface area contributed by atoms with Gasteiger partial charge in [-0.05, 0) is 83.5 Å². The van der Waals surface area contributed by atoms with Crippen molar-refractivity contribution in [3.05, 3.63) is 72.9 Å². The van der Waals surface area contributed by atoms with Crippen LogP contribution in [0, 0.1) is 0 Å². The smallest absolute Gasteiger partial charge is 0.397 e. The van der Waals surface area contributed by atoms with Gasteiger partial charge in [-0.25, -0.2) is 4.18 Å². The Balaban J connectivity index is 2.46. The predicted molar refractivity (Wildman–Crippen MR) is 239 cm³/mol. The first-order valence-electron chi connectivity index (χ1n) is 22.7. The van der Waals surface area contributed by atoms with Gasteiger partial charge in [0.1, 0.15) is 30.5 Å². The molecule has 0 bridgehead atoms. The van der Waals surface area contributed by atoms with Gasteiger partial charge in [0, 0.05) is 13.0 Å². The highest BCUT2D eigenvalue weighted by atomic mass is 32.3. The second-order valence-corrected chi connectivity index (χ2v) is 16.3. The topological polar surface area (TPSA) is 178 Å². The molecule has 1 fully saturated rings. The molecule has 4 N–H and O–H groups in total. The fourth-order valence-corrected chi connectivity index (χ4v) is 6.91. The van der Waals surface area contributed by atoms with Crippen molar-refractivity contribution < 1.29 is 56.2 Å². The van der Waals surface area contributed by atoms with Crippen LogP contribution in [-0.4, -0.2) is 97.5 Å². The zero-order valence-electron chi connectivity index (χ0n) is 36.7. The van der Waals surface area contributed by atoms with Gasteiger partial charge < -0.3 is 34.3 Å². The summed E-state index contributed by atoms with van der Waals surface area (Å²) in [7, 11) is -5.07. The molecule has 0 aromatic rings. The Kier molecular flexibility index (Phi) is 35.4. The third kappa shape index (κ3) is 31.4. The van der Waals surface area contributed by atoms with Gasteiger partial charge in [0.25, 0.3) is 0 Å². The van der Waals surface area contributed by atoms with Crippen molar-refractivity contribution in [3.8, 4) is 0 Å². The van der Waals surface area contributed by atoms with E-state index in [9.17, 15) is 28.5 Å². The highest BCUT2D eigenvalue weighted by Gasteiger charge is 2.48. The van der Waals surface area contributed by atoms with Crippen LogP contribution in [0.25, 0.3) is 0 Å². The Morgan fingerprint density at radius 2 is 1.15 bits per heavy atom. The lowest BCUT2D eigenvalue weighted by Crippen LogP contribution is -2.60. The van der Waals surface area contributed by atoms with Crippen molar-refractivity contribution in [1.29, 1.82) is 0 Å². The lowest BCUT2D eigenvalue weighted by molar-refractivity contribution is -0.301. The lowest BCUT2D eigenvalue weighted by Gasteiger charge is -2.41. The first-order chi connectivity index (χ1) is 29.1. The summed E-state index contributed by atoms with van der Waals surface area (Å²) in [4.78, 5) is 12.8. The molecule has 6 atom stereocenters. The Labute approximate surface area is 362 Å². The maximum atomic E-state index is 12.8. The van der Waals surface area contributed by atoms with Gasteiger partial charge in [-0.15, -0.1) is 0 Å². The van der Waals surface area contributed by atoms with E-state index in [1.807, 2.05) is 0 Å². The second kappa shape index (κ2) is 38.2. The first kappa shape index (κ1) is 55.6. The van der Waals surface area contributed by atoms with Crippen molar-refractivity contribution >= 4 is 16.4 Å². The molecule has 0 aliphatic carbocycles. The van der Waals surface area contributed by atoms with Crippen molar-refractivity contribution in [2.24, 2.45) is 0 Å². The molecule has 1 saturated heterocycles. The van der Waals surface area contributed by atoms with E-state index >= 15 is 0 Å². The van der Waals surface area contributed by atoms with Crippen molar-refractivity contribution in [2.75, 3.05) is 26.4 Å². The quantitative estimate of drug-likeness (QED) is 0.0200. The third-order valence-electron chi connectivity index (χ3n) is 9.81. The minimum absolute atomic E-state index is 0.0111. The number of aliphatic hydroxyl groups excluding tert-OH is 3. The summed E-state index contributed by atoms with van der Waals surface area (Å²) < 4.78 is 59.0. The van der Waals surface area contributed by atoms with Crippen molar-refractivity contribution in [1.82, 2.24) is 0 Å². The molecule has 0 radical (unpaired) electrons. The van der Waals surface area contributed by atoms with E-state index in [-0.39, 0.29) is 19.6 Å². The van der Waals surface area contributed by atoms with Crippen LogP contribution in [0.2, 0.25) is 0 Å². The third-order valence-corrected chi connectivity index (χ3v) is 10.3. The lowest BCUT2D eigenvalue weighted by atomic mass is 9.99. The van der Waals surface area contributed by atoms with Crippen LogP contribution in [-0.2, 0) is 38.3 Å². The summed E-state index contributed by atoms with van der Waals surface area (Å²) in [6.07, 6.45) is 39.4. The second-order valence-electron chi connectivity index (χ2n) is 15.3. The van der Waals surface area contributed by atoms with Crippen LogP contribution >= 0.6 is 0 Å². The van der Waals surface area contributed by atoms with Crippen LogP contribution in [0.5, 0.6) is 0 Å². The van der Waals surface area contributed by atoms with Crippen LogP contribution in [0.15, 0.2) is 72.9 Å². The van der Waals surface area contributed by atoms with Gasteiger partial charge in [0.15, 0.2) is 6.29 Å². The number of aliphatic hydroxyl groups is 3. The van der Waals surface area contributed by atoms with Gasteiger partial charge in [0.05, 0.1) is 19.8 Å². The molecule has 12 nitrogen and oxygen atoms in total. The maximum Gasteiger partial charge on any atom is 0.397 e. The molecule has 346 valence electrons. The van der Waals surface area contributed by atoms with E-state index in [2.05, 4.69) is 90.9 Å². The summed E-state index contributed by atoms with van der Waals surface area (Å²) in [5.74, 6) is -0.444. The molecule has 0 aromatic carbocycles. The Morgan fingerprint density at radius 3 is 1.68 bits per heavy atom. The molecule has 0 saturated carbocycles. The minimum atomic E-state index is -5.07.